The minimum absolute atomic E-state index is 0.0844. The molecular formula is C22H22F2N4O. The fraction of sp³-hybridized carbons (Fsp3) is 0.318. The van der Waals surface area contributed by atoms with E-state index >= 15 is 0 Å². The molecule has 1 aliphatic heterocycles. The van der Waals surface area contributed by atoms with Crippen molar-refractivity contribution >= 4 is 5.91 Å². The molecule has 0 N–H and O–H groups in total. The van der Waals surface area contributed by atoms with Gasteiger partial charge in [-0.25, -0.2) is 8.78 Å². The second-order valence-electron chi connectivity index (χ2n) is 7.57. The maximum Gasteiger partial charge on any atom is 0.267 e. The number of hydrogen-bond donors (Lipinski definition) is 0. The van der Waals surface area contributed by atoms with E-state index in [9.17, 15) is 13.6 Å². The number of halogens is 2. The average molecular weight is 396 g/mol. The number of carbonyl (C=O) groups is 1. The van der Waals surface area contributed by atoms with Crippen molar-refractivity contribution < 1.29 is 13.6 Å². The summed E-state index contributed by atoms with van der Waals surface area (Å²) in [6, 6.07) is 16.4. The first-order chi connectivity index (χ1) is 13.9. The predicted octanol–water partition coefficient (Wildman–Crippen LogP) is 3.79. The summed E-state index contributed by atoms with van der Waals surface area (Å²) in [5, 5.41) is 8.03. The number of aryl methyl sites for hydroxylation is 1. The maximum absolute atomic E-state index is 14.3. The van der Waals surface area contributed by atoms with E-state index in [1.807, 2.05) is 61.5 Å². The van der Waals surface area contributed by atoms with Crippen molar-refractivity contribution in [2.75, 3.05) is 6.54 Å². The molecular weight excluding hydrogens is 374 g/mol. The number of benzene rings is 2. The molecule has 1 unspecified atom stereocenters. The lowest BCUT2D eigenvalue weighted by molar-refractivity contribution is -0.132. The molecule has 1 fully saturated rings. The zero-order chi connectivity index (χ0) is 20.4. The highest BCUT2D eigenvalue weighted by Crippen LogP contribution is 2.40. The Balaban J connectivity index is 1.58. The lowest BCUT2D eigenvalue weighted by Gasteiger charge is -2.24. The SMILES string of the molecule is Cc1cccc(CC(=O)N2CC(F)(F)CC2c2nncn2Cc2ccccc2)c1. The van der Waals surface area contributed by atoms with Crippen LogP contribution in [0.2, 0.25) is 0 Å². The van der Waals surface area contributed by atoms with Gasteiger partial charge in [0.1, 0.15) is 6.33 Å². The van der Waals surface area contributed by atoms with E-state index < -0.39 is 24.9 Å². The van der Waals surface area contributed by atoms with Crippen molar-refractivity contribution in [1.82, 2.24) is 19.7 Å². The van der Waals surface area contributed by atoms with E-state index in [1.54, 1.807) is 4.57 Å². The molecule has 1 saturated heterocycles. The summed E-state index contributed by atoms with van der Waals surface area (Å²) in [6.07, 6.45) is 1.17. The molecule has 0 saturated carbocycles. The van der Waals surface area contributed by atoms with Gasteiger partial charge in [-0.2, -0.15) is 0 Å². The molecule has 1 aromatic heterocycles. The molecule has 2 heterocycles. The van der Waals surface area contributed by atoms with Crippen LogP contribution in [-0.2, 0) is 17.8 Å². The minimum Gasteiger partial charge on any atom is -0.326 e. The Labute approximate surface area is 168 Å². The van der Waals surface area contributed by atoms with Crippen LogP contribution in [0.15, 0.2) is 60.9 Å². The normalized spacial score (nSPS) is 18.2. The van der Waals surface area contributed by atoms with E-state index in [1.165, 1.54) is 11.2 Å². The molecule has 5 nitrogen and oxygen atoms in total. The highest BCUT2D eigenvalue weighted by molar-refractivity contribution is 5.79. The molecule has 2 aromatic carbocycles. The van der Waals surface area contributed by atoms with Crippen molar-refractivity contribution in [2.24, 2.45) is 0 Å². The molecule has 1 amide bonds. The molecule has 7 heteroatoms. The molecule has 0 spiro atoms. The molecule has 29 heavy (non-hydrogen) atoms. The van der Waals surface area contributed by atoms with Crippen LogP contribution in [0, 0.1) is 6.92 Å². The van der Waals surface area contributed by atoms with Crippen molar-refractivity contribution in [3.8, 4) is 0 Å². The second kappa shape index (κ2) is 7.73. The summed E-state index contributed by atoms with van der Waals surface area (Å²) >= 11 is 0. The summed E-state index contributed by atoms with van der Waals surface area (Å²) in [7, 11) is 0. The van der Waals surface area contributed by atoms with Crippen molar-refractivity contribution in [3.63, 3.8) is 0 Å². The Bertz CT molecular complexity index is 1000. The number of nitrogens with zero attached hydrogens (tertiary/aromatic N) is 4. The van der Waals surface area contributed by atoms with Crippen LogP contribution in [0.1, 0.15) is 35.0 Å². The second-order valence-corrected chi connectivity index (χ2v) is 7.57. The predicted molar refractivity (Wildman–Crippen MR) is 104 cm³/mol. The van der Waals surface area contributed by atoms with Crippen LogP contribution >= 0.6 is 0 Å². The van der Waals surface area contributed by atoms with Gasteiger partial charge in [-0.15, -0.1) is 10.2 Å². The number of rotatable bonds is 5. The number of alkyl halides is 2. The van der Waals surface area contributed by atoms with Crippen LogP contribution < -0.4 is 0 Å². The molecule has 0 bridgehead atoms. The highest BCUT2D eigenvalue weighted by atomic mass is 19.3. The number of aromatic nitrogens is 3. The van der Waals surface area contributed by atoms with Crippen LogP contribution in [-0.4, -0.2) is 38.0 Å². The summed E-state index contributed by atoms with van der Waals surface area (Å²) in [4.78, 5) is 14.2. The monoisotopic (exact) mass is 396 g/mol. The van der Waals surface area contributed by atoms with E-state index in [4.69, 9.17) is 0 Å². The van der Waals surface area contributed by atoms with Gasteiger partial charge >= 0.3 is 0 Å². The Kier molecular flexibility index (Phi) is 5.13. The average Bonchev–Trinajstić information content (AvgIpc) is 3.26. The van der Waals surface area contributed by atoms with Gasteiger partial charge in [-0.05, 0) is 18.1 Å². The molecule has 1 atom stereocenters. The molecule has 0 radical (unpaired) electrons. The fourth-order valence-electron chi connectivity index (χ4n) is 3.83. The van der Waals surface area contributed by atoms with Gasteiger partial charge in [0.25, 0.3) is 5.92 Å². The fourth-order valence-corrected chi connectivity index (χ4v) is 3.83. The maximum atomic E-state index is 14.3. The largest absolute Gasteiger partial charge is 0.326 e. The smallest absolute Gasteiger partial charge is 0.267 e. The number of amides is 1. The van der Waals surface area contributed by atoms with Gasteiger partial charge in [-0.1, -0.05) is 60.2 Å². The van der Waals surface area contributed by atoms with Gasteiger partial charge < -0.3 is 9.47 Å². The standard InChI is InChI=1S/C22H22F2N4O/c1-16-6-5-9-18(10-16)11-20(29)28-14-22(23,24)12-19(28)21-26-25-15-27(21)13-17-7-3-2-4-8-17/h2-10,15,19H,11-14H2,1H3. The van der Waals surface area contributed by atoms with E-state index in [0.29, 0.717) is 12.4 Å². The first-order valence-electron chi connectivity index (χ1n) is 9.56. The van der Waals surface area contributed by atoms with Crippen LogP contribution in [0.4, 0.5) is 8.78 Å². The Morgan fingerprint density at radius 3 is 2.66 bits per heavy atom. The topological polar surface area (TPSA) is 51.0 Å². The molecule has 0 aliphatic carbocycles. The summed E-state index contributed by atoms with van der Waals surface area (Å²) in [5.74, 6) is -2.88. The Morgan fingerprint density at radius 2 is 1.90 bits per heavy atom. The van der Waals surface area contributed by atoms with Crippen LogP contribution in [0.5, 0.6) is 0 Å². The third kappa shape index (κ3) is 4.34. The van der Waals surface area contributed by atoms with Gasteiger partial charge in [-0.3, -0.25) is 4.79 Å². The van der Waals surface area contributed by atoms with Gasteiger partial charge in [0.2, 0.25) is 5.91 Å². The zero-order valence-corrected chi connectivity index (χ0v) is 16.1. The van der Waals surface area contributed by atoms with Crippen molar-refractivity contribution in [3.05, 3.63) is 83.4 Å². The summed E-state index contributed by atoms with van der Waals surface area (Å²) < 4.78 is 30.4. The molecule has 3 aromatic rings. The van der Waals surface area contributed by atoms with Crippen LogP contribution in [0.25, 0.3) is 0 Å². The highest BCUT2D eigenvalue weighted by Gasteiger charge is 2.49. The van der Waals surface area contributed by atoms with E-state index in [-0.39, 0.29) is 12.3 Å². The third-order valence-electron chi connectivity index (χ3n) is 5.17. The van der Waals surface area contributed by atoms with Crippen molar-refractivity contribution in [2.45, 2.75) is 38.3 Å². The van der Waals surface area contributed by atoms with Crippen LogP contribution in [0.3, 0.4) is 0 Å². The number of hydrogen-bond acceptors (Lipinski definition) is 3. The first kappa shape index (κ1) is 19.2. The quantitative estimate of drug-likeness (QED) is 0.659. The first-order valence-corrected chi connectivity index (χ1v) is 9.56. The lowest BCUT2D eigenvalue weighted by Crippen LogP contribution is -2.35. The number of carbonyl (C=O) groups excluding carboxylic acids is 1. The third-order valence-corrected chi connectivity index (χ3v) is 5.17. The summed E-state index contributed by atoms with van der Waals surface area (Å²) in [6.45, 7) is 1.80. The molecule has 150 valence electrons. The molecule has 4 rings (SSSR count). The van der Waals surface area contributed by atoms with E-state index in [0.717, 1.165) is 16.7 Å². The number of likely N-dealkylation sites (tertiary alicyclic amines) is 1. The summed E-state index contributed by atoms with van der Waals surface area (Å²) in [5.41, 5.74) is 2.85. The van der Waals surface area contributed by atoms with E-state index in [2.05, 4.69) is 10.2 Å². The lowest BCUT2D eigenvalue weighted by atomic mass is 10.1. The van der Waals surface area contributed by atoms with Gasteiger partial charge in [0, 0.05) is 6.42 Å². The Hall–Kier alpha value is -3.09. The zero-order valence-electron chi connectivity index (χ0n) is 16.1. The van der Waals surface area contributed by atoms with Gasteiger partial charge in [0.15, 0.2) is 5.82 Å². The molecule has 1 aliphatic rings. The van der Waals surface area contributed by atoms with Crippen molar-refractivity contribution in [1.29, 1.82) is 0 Å². The minimum atomic E-state index is -2.95. The van der Waals surface area contributed by atoms with Gasteiger partial charge in [0.05, 0.1) is 25.6 Å². The Morgan fingerprint density at radius 1 is 1.14 bits per heavy atom.